The average Bonchev–Trinajstić information content (AvgIpc) is 2.56. The third kappa shape index (κ3) is 2.76. The van der Waals surface area contributed by atoms with Crippen molar-refractivity contribution in [3.8, 4) is 0 Å². The topological polar surface area (TPSA) is 77.2 Å². The molecule has 0 radical (unpaired) electrons. The monoisotopic (exact) mass is 215 g/mol. The Kier molecular flexibility index (Phi) is 3.56. The molecule has 1 rings (SSSR count). The van der Waals surface area contributed by atoms with Gasteiger partial charge in [-0.25, -0.2) is 4.98 Å². The molecule has 1 unspecified atom stereocenters. The fourth-order valence-corrected chi connectivity index (χ4v) is 1.41. The van der Waals surface area contributed by atoms with Gasteiger partial charge in [-0.2, -0.15) is 0 Å². The number of nitrogens with one attached hydrogen (secondary N) is 1. The molecule has 0 aliphatic carbocycles. The Labute approximate surface area is 86.3 Å². The number of nitrogens with two attached hydrogens (primary N) is 1. The van der Waals surface area contributed by atoms with Crippen LogP contribution < -0.4 is 11.1 Å². The van der Waals surface area contributed by atoms with Crippen molar-refractivity contribution < 1.29 is 9.53 Å². The molecule has 0 saturated heterocycles. The lowest BCUT2D eigenvalue weighted by molar-refractivity contribution is -0.122. The number of anilines is 1. The van der Waals surface area contributed by atoms with Crippen molar-refractivity contribution in [2.24, 2.45) is 5.73 Å². The van der Waals surface area contributed by atoms with Gasteiger partial charge < -0.3 is 15.8 Å². The summed E-state index contributed by atoms with van der Waals surface area (Å²) in [5.74, 6) is -0.297. The number of nitrogens with zero attached hydrogens (tertiary/aromatic N) is 1. The second-order valence-electron chi connectivity index (χ2n) is 3.14. The predicted molar refractivity (Wildman–Crippen MR) is 55.2 cm³/mol. The number of aromatic nitrogens is 1. The van der Waals surface area contributed by atoms with Gasteiger partial charge in [0.05, 0.1) is 6.61 Å². The number of hydrogen-bond acceptors (Lipinski definition) is 5. The van der Waals surface area contributed by atoms with Crippen LogP contribution >= 0.6 is 11.3 Å². The summed E-state index contributed by atoms with van der Waals surface area (Å²) in [7, 11) is 1.50. The van der Waals surface area contributed by atoms with Crippen LogP contribution in [0.4, 0.5) is 5.13 Å². The molecule has 1 atom stereocenters. The van der Waals surface area contributed by atoms with Crippen LogP contribution in [0.3, 0.4) is 0 Å². The van der Waals surface area contributed by atoms with Crippen molar-refractivity contribution in [2.45, 2.75) is 12.5 Å². The summed E-state index contributed by atoms with van der Waals surface area (Å²) in [6, 6.07) is 0. The number of amides is 1. The number of methoxy groups -OCH3 is 1. The van der Waals surface area contributed by atoms with E-state index >= 15 is 0 Å². The molecule has 3 N–H and O–H groups in total. The number of carbonyl (C=O) groups excluding carboxylic acids is 1. The first-order valence-electron chi connectivity index (χ1n) is 4.05. The highest BCUT2D eigenvalue weighted by Gasteiger charge is 2.28. The van der Waals surface area contributed by atoms with Gasteiger partial charge >= 0.3 is 0 Å². The average molecular weight is 215 g/mol. The zero-order chi connectivity index (χ0) is 10.6. The Balaban J connectivity index is 2.57. The number of thiazole rings is 1. The Morgan fingerprint density at radius 1 is 1.86 bits per heavy atom. The SMILES string of the molecule is COCC(C)(N)C(=O)Nc1nccs1. The van der Waals surface area contributed by atoms with Gasteiger partial charge in [0.2, 0.25) is 5.91 Å². The molecule has 1 aromatic rings. The lowest BCUT2D eigenvalue weighted by Crippen LogP contribution is -2.51. The maximum Gasteiger partial charge on any atom is 0.248 e. The van der Waals surface area contributed by atoms with Crippen LogP contribution in [0.15, 0.2) is 11.6 Å². The summed E-state index contributed by atoms with van der Waals surface area (Å²) in [6.07, 6.45) is 1.62. The zero-order valence-electron chi connectivity index (χ0n) is 8.11. The van der Waals surface area contributed by atoms with Crippen molar-refractivity contribution in [2.75, 3.05) is 19.0 Å². The summed E-state index contributed by atoms with van der Waals surface area (Å²) < 4.78 is 4.84. The van der Waals surface area contributed by atoms with E-state index < -0.39 is 5.54 Å². The zero-order valence-corrected chi connectivity index (χ0v) is 8.93. The van der Waals surface area contributed by atoms with Gasteiger partial charge in [-0.15, -0.1) is 11.3 Å². The van der Waals surface area contributed by atoms with Crippen LogP contribution in [0.5, 0.6) is 0 Å². The standard InChI is InChI=1S/C8H13N3O2S/c1-8(9,5-13-2)6(12)11-7-10-3-4-14-7/h3-4H,5,9H2,1-2H3,(H,10,11,12). The van der Waals surface area contributed by atoms with Gasteiger partial charge in [0.25, 0.3) is 0 Å². The van der Waals surface area contributed by atoms with E-state index in [4.69, 9.17) is 10.5 Å². The minimum absolute atomic E-state index is 0.171. The minimum Gasteiger partial charge on any atom is -0.382 e. The molecule has 1 heterocycles. The molecule has 0 saturated carbocycles. The molecular formula is C8H13N3O2S. The number of ether oxygens (including phenoxy) is 1. The number of hydrogen-bond donors (Lipinski definition) is 2. The molecular weight excluding hydrogens is 202 g/mol. The van der Waals surface area contributed by atoms with Crippen molar-refractivity contribution in [1.82, 2.24) is 4.98 Å². The largest absolute Gasteiger partial charge is 0.382 e. The van der Waals surface area contributed by atoms with E-state index in [1.807, 2.05) is 0 Å². The molecule has 1 aromatic heterocycles. The number of rotatable bonds is 4. The third-order valence-electron chi connectivity index (χ3n) is 1.62. The molecule has 0 aliphatic rings. The first-order valence-corrected chi connectivity index (χ1v) is 4.93. The lowest BCUT2D eigenvalue weighted by atomic mass is 10.1. The maximum atomic E-state index is 11.6. The van der Waals surface area contributed by atoms with Gasteiger partial charge in [-0.05, 0) is 6.92 Å². The second kappa shape index (κ2) is 4.50. The summed E-state index contributed by atoms with van der Waals surface area (Å²) in [6.45, 7) is 1.78. The fraction of sp³-hybridized carbons (Fsp3) is 0.500. The lowest BCUT2D eigenvalue weighted by Gasteiger charge is -2.21. The predicted octanol–water partition coefficient (Wildman–Crippen LogP) is 0.445. The highest BCUT2D eigenvalue weighted by Crippen LogP contribution is 2.12. The Morgan fingerprint density at radius 2 is 2.57 bits per heavy atom. The van der Waals surface area contributed by atoms with Crippen molar-refractivity contribution >= 4 is 22.4 Å². The van der Waals surface area contributed by atoms with Gasteiger partial charge in [-0.3, -0.25) is 4.79 Å². The van der Waals surface area contributed by atoms with Crippen LogP contribution in [-0.2, 0) is 9.53 Å². The molecule has 0 bridgehead atoms. The number of carbonyl (C=O) groups is 1. The Morgan fingerprint density at radius 3 is 3.07 bits per heavy atom. The van der Waals surface area contributed by atoms with Crippen LogP contribution in [0.25, 0.3) is 0 Å². The summed E-state index contributed by atoms with van der Waals surface area (Å²) in [5.41, 5.74) is 4.70. The molecule has 0 fully saturated rings. The first kappa shape index (κ1) is 11.1. The highest BCUT2D eigenvalue weighted by atomic mass is 32.1. The Bertz CT molecular complexity index is 298. The van der Waals surface area contributed by atoms with E-state index in [1.165, 1.54) is 18.4 Å². The fourth-order valence-electron chi connectivity index (χ4n) is 0.890. The summed E-state index contributed by atoms with van der Waals surface area (Å²) in [5, 5.41) is 4.93. The normalized spacial score (nSPS) is 14.8. The van der Waals surface area contributed by atoms with E-state index in [1.54, 1.807) is 18.5 Å². The van der Waals surface area contributed by atoms with E-state index in [2.05, 4.69) is 10.3 Å². The highest BCUT2D eigenvalue weighted by molar-refractivity contribution is 7.13. The molecule has 0 spiro atoms. The second-order valence-corrected chi connectivity index (χ2v) is 4.04. The van der Waals surface area contributed by atoms with Crippen LogP contribution in [-0.4, -0.2) is 30.1 Å². The van der Waals surface area contributed by atoms with Gasteiger partial charge in [-0.1, -0.05) is 0 Å². The van der Waals surface area contributed by atoms with Gasteiger partial charge in [0.1, 0.15) is 5.54 Å². The quantitative estimate of drug-likeness (QED) is 0.764. The Hall–Kier alpha value is -0.980. The maximum absolute atomic E-state index is 11.6. The smallest absolute Gasteiger partial charge is 0.248 e. The molecule has 14 heavy (non-hydrogen) atoms. The van der Waals surface area contributed by atoms with E-state index in [-0.39, 0.29) is 12.5 Å². The summed E-state index contributed by atoms with van der Waals surface area (Å²) in [4.78, 5) is 15.5. The van der Waals surface area contributed by atoms with Crippen LogP contribution in [0, 0.1) is 0 Å². The molecule has 78 valence electrons. The van der Waals surface area contributed by atoms with Crippen molar-refractivity contribution in [3.05, 3.63) is 11.6 Å². The van der Waals surface area contributed by atoms with E-state index in [0.717, 1.165) is 0 Å². The van der Waals surface area contributed by atoms with Crippen LogP contribution in [0.1, 0.15) is 6.92 Å². The molecule has 1 amide bonds. The van der Waals surface area contributed by atoms with Gasteiger partial charge in [0.15, 0.2) is 5.13 Å². The third-order valence-corrected chi connectivity index (χ3v) is 2.30. The first-order chi connectivity index (χ1) is 6.56. The van der Waals surface area contributed by atoms with E-state index in [9.17, 15) is 4.79 Å². The van der Waals surface area contributed by atoms with Gasteiger partial charge in [0, 0.05) is 18.7 Å². The van der Waals surface area contributed by atoms with E-state index in [0.29, 0.717) is 5.13 Å². The molecule has 0 aliphatic heterocycles. The van der Waals surface area contributed by atoms with Crippen molar-refractivity contribution in [1.29, 1.82) is 0 Å². The molecule has 6 heteroatoms. The molecule has 0 aromatic carbocycles. The summed E-state index contributed by atoms with van der Waals surface area (Å²) >= 11 is 1.35. The van der Waals surface area contributed by atoms with Crippen molar-refractivity contribution in [3.63, 3.8) is 0 Å². The minimum atomic E-state index is -1.03. The van der Waals surface area contributed by atoms with Crippen LogP contribution in [0.2, 0.25) is 0 Å². The molecule has 5 nitrogen and oxygen atoms in total.